The van der Waals surface area contributed by atoms with Gasteiger partial charge in [0.15, 0.2) is 11.5 Å². The van der Waals surface area contributed by atoms with Crippen molar-refractivity contribution in [3.8, 4) is 11.5 Å². The SMILES string of the molecule is CCCOc1ccc(C(=O)N2CCC(C)(CN)C2)cc1OCC. The summed E-state index contributed by atoms with van der Waals surface area (Å²) in [5.74, 6) is 1.36. The van der Waals surface area contributed by atoms with Gasteiger partial charge in [0, 0.05) is 18.7 Å². The van der Waals surface area contributed by atoms with Crippen LogP contribution in [0, 0.1) is 5.41 Å². The van der Waals surface area contributed by atoms with Gasteiger partial charge in [-0.25, -0.2) is 0 Å². The average molecular weight is 320 g/mol. The van der Waals surface area contributed by atoms with Gasteiger partial charge >= 0.3 is 0 Å². The zero-order valence-corrected chi connectivity index (χ0v) is 14.4. The molecule has 1 aromatic rings. The molecule has 0 aromatic heterocycles. The van der Waals surface area contributed by atoms with E-state index in [2.05, 4.69) is 13.8 Å². The number of nitrogens with two attached hydrogens (primary N) is 1. The maximum atomic E-state index is 12.7. The molecule has 0 aliphatic carbocycles. The number of likely N-dealkylation sites (tertiary alicyclic amines) is 1. The van der Waals surface area contributed by atoms with Crippen LogP contribution in [0.3, 0.4) is 0 Å². The Bertz CT molecular complexity index is 547. The van der Waals surface area contributed by atoms with E-state index in [0.717, 1.165) is 19.4 Å². The van der Waals surface area contributed by atoms with E-state index >= 15 is 0 Å². The second kappa shape index (κ2) is 7.68. The molecule has 2 rings (SSSR count). The van der Waals surface area contributed by atoms with Crippen molar-refractivity contribution >= 4 is 5.91 Å². The molecule has 0 saturated carbocycles. The van der Waals surface area contributed by atoms with Gasteiger partial charge in [-0.3, -0.25) is 4.79 Å². The molecule has 1 heterocycles. The van der Waals surface area contributed by atoms with Crippen molar-refractivity contribution in [2.75, 3.05) is 32.8 Å². The van der Waals surface area contributed by atoms with Crippen LogP contribution < -0.4 is 15.2 Å². The highest BCUT2D eigenvalue weighted by Crippen LogP contribution is 2.32. The summed E-state index contributed by atoms with van der Waals surface area (Å²) in [7, 11) is 0. The third kappa shape index (κ3) is 4.16. The van der Waals surface area contributed by atoms with E-state index in [9.17, 15) is 4.79 Å². The van der Waals surface area contributed by atoms with Crippen molar-refractivity contribution in [3.63, 3.8) is 0 Å². The third-order valence-corrected chi connectivity index (χ3v) is 4.29. The number of nitrogens with zero attached hydrogens (tertiary/aromatic N) is 1. The van der Waals surface area contributed by atoms with Crippen LogP contribution in [0.5, 0.6) is 11.5 Å². The van der Waals surface area contributed by atoms with Gasteiger partial charge in [0.25, 0.3) is 5.91 Å². The van der Waals surface area contributed by atoms with Gasteiger partial charge in [-0.15, -0.1) is 0 Å². The zero-order chi connectivity index (χ0) is 16.9. The van der Waals surface area contributed by atoms with Crippen LogP contribution >= 0.6 is 0 Å². The number of rotatable bonds is 7. The smallest absolute Gasteiger partial charge is 0.254 e. The van der Waals surface area contributed by atoms with Crippen molar-refractivity contribution < 1.29 is 14.3 Å². The molecular formula is C18H28N2O3. The second-order valence-electron chi connectivity index (χ2n) is 6.43. The molecule has 0 radical (unpaired) electrons. The summed E-state index contributed by atoms with van der Waals surface area (Å²) in [6.07, 6.45) is 1.88. The molecular weight excluding hydrogens is 292 g/mol. The lowest BCUT2D eigenvalue weighted by Crippen LogP contribution is -2.34. The monoisotopic (exact) mass is 320 g/mol. The van der Waals surface area contributed by atoms with Crippen LogP contribution in [0.4, 0.5) is 0 Å². The van der Waals surface area contributed by atoms with E-state index in [4.69, 9.17) is 15.2 Å². The van der Waals surface area contributed by atoms with E-state index in [1.54, 1.807) is 6.07 Å². The van der Waals surface area contributed by atoms with Gasteiger partial charge in [0.05, 0.1) is 13.2 Å². The molecule has 1 amide bonds. The van der Waals surface area contributed by atoms with Crippen molar-refractivity contribution in [2.24, 2.45) is 11.1 Å². The van der Waals surface area contributed by atoms with Gasteiger partial charge in [-0.05, 0) is 49.9 Å². The first-order valence-electron chi connectivity index (χ1n) is 8.42. The molecule has 1 aromatic carbocycles. The van der Waals surface area contributed by atoms with Crippen LogP contribution in [-0.2, 0) is 0 Å². The number of benzene rings is 1. The Morgan fingerprint density at radius 2 is 2.09 bits per heavy atom. The molecule has 1 unspecified atom stereocenters. The Morgan fingerprint density at radius 1 is 1.30 bits per heavy atom. The third-order valence-electron chi connectivity index (χ3n) is 4.29. The molecule has 1 aliphatic rings. The predicted octanol–water partition coefficient (Wildman–Crippen LogP) is 2.69. The molecule has 0 spiro atoms. The number of ether oxygens (including phenoxy) is 2. The van der Waals surface area contributed by atoms with Gasteiger partial charge < -0.3 is 20.1 Å². The van der Waals surface area contributed by atoms with Crippen molar-refractivity contribution in [2.45, 2.75) is 33.6 Å². The standard InChI is InChI=1S/C18H28N2O3/c1-4-10-23-15-7-6-14(11-16(15)22-5-2)17(21)20-9-8-18(3,12-19)13-20/h6-7,11H,4-5,8-10,12-13,19H2,1-3H3. The fraction of sp³-hybridized carbons (Fsp3) is 0.611. The molecule has 1 saturated heterocycles. The zero-order valence-electron chi connectivity index (χ0n) is 14.4. The summed E-state index contributed by atoms with van der Waals surface area (Å²) in [6, 6.07) is 5.43. The molecule has 0 bridgehead atoms. The van der Waals surface area contributed by atoms with E-state index < -0.39 is 0 Å². The maximum Gasteiger partial charge on any atom is 0.254 e. The number of carbonyl (C=O) groups excluding carboxylic acids is 1. The fourth-order valence-corrected chi connectivity index (χ4v) is 2.79. The van der Waals surface area contributed by atoms with E-state index in [1.807, 2.05) is 24.0 Å². The first kappa shape index (κ1) is 17.6. The molecule has 5 heteroatoms. The Labute approximate surface area is 138 Å². The second-order valence-corrected chi connectivity index (χ2v) is 6.43. The summed E-state index contributed by atoms with van der Waals surface area (Å²) < 4.78 is 11.3. The minimum Gasteiger partial charge on any atom is -0.490 e. The number of hydrogen-bond donors (Lipinski definition) is 1. The lowest BCUT2D eigenvalue weighted by Gasteiger charge is -2.23. The molecule has 128 valence electrons. The largest absolute Gasteiger partial charge is 0.490 e. The number of carbonyl (C=O) groups is 1. The summed E-state index contributed by atoms with van der Waals surface area (Å²) in [6.45, 7) is 9.35. The highest BCUT2D eigenvalue weighted by molar-refractivity contribution is 5.95. The normalized spacial score (nSPS) is 20.6. The lowest BCUT2D eigenvalue weighted by molar-refractivity contribution is 0.0776. The fourth-order valence-electron chi connectivity index (χ4n) is 2.79. The Balaban J connectivity index is 2.16. The molecule has 1 atom stereocenters. The van der Waals surface area contributed by atoms with Gasteiger partial charge in [0.1, 0.15) is 0 Å². The molecule has 5 nitrogen and oxygen atoms in total. The maximum absolute atomic E-state index is 12.7. The Morgan fingerprint density at radius 3 is 2.70 bits per heavy atom. The highest BCUT2D eigenvalue weighted by atomic mass is 16.5. The van der Waals surface area contributed by atoms with Gasteiger partial charge in [-0.1, -0.05) is 13.8 Å². The Kier molecular flexibility index (Phi) is 5.88. The van der Waals surface area contributed by atoms with Crippen LogP contribution in [0.25, 0.3) is 0 Å². The molecule has 1 aliphatic heterocycles. The molecule has 2 N–H and O–H groups in total. The van der Waals surface area contributed by atoms with E-state index in [1.165, 1.54) is 0 Å². The quantitative estimate of drug-likeness (QED) is 0.839. The minimum absolute atomic E-state index is 0.0303. The van der Waals surface area contributed by atoms with Crippen molar-refractivity contribution in [1.29, 1.82) is 0 Å². The van der Waals surface area contributed by atoms with Crippen LogP contribution in [-0.4, -0.2) is 43.7 Å². The number of amides is 1. The minimum atomic E-state index is 0.0303. The average Bonchev–Trinajstić information content (AvgIpc) is 2.96. The predicted molar refractivity (Wildman–Crippen MR) is 91.1 cm³/mol. The van der Waals surface area contributed by atoms with Crippen LogP contribution in [0.1, 0.15) is 44.0 Å². The number of hydrogen-bond acceptors (Lipinski definition) is 4. The topological polar surface area (TPSA) is 64.8 Å². The van der Waals surface area contributed by atoms with Crippen molar-refractivity contribution in [3.05, 3.63) is 23.8 Å². The first-order valence-corrected chi connectivity index (χ1v) is 8.42. The van der Waals surface area contributed by atoms with E-state index in [0.29, 0.717) is 43.4 Å². The van der Waals surface area contributed by atoms with E-state index in [-0.39, 0.29) is 11.3 Å². The van der Waals surface area contributed by atoms with Crippen molar-refractivity contribution in [1.82, 2.24) is 4.90 Å². The van der Waals surface area contributed by atoms with Gasteiger partial charge in [0.2, 0.25) is 0 Å². The first-order chi connectivity index (χ1) is 11.0. The summed E-state index contributed by atoms with van der Waals surface area (Å²) in [5, 5.41) is 0. The molecule has 23 heavy (non-hydrogen) atoms. The molecule has 1 fully saturated rings. The highest BCUT2D eigenvalue weighted by Gasteiger charge is 2.35. The summed E-state index contributed by atoms with van der Waals surface area (Å²) >= 11 is 0. The Hall–Kier alpha value is -1.75. The van der Waals surface area contributed by atoms with Crippen LogP contribution in [0.15, 0.2) is 18.2 Å². The van der Waals surface area contributed by atoms with Crippen LogP contribution in [0.2, 0.25) is 0 Å². The summed E-state index contributed by atoms with van der Waals surface area (Å²) in [4.78, 5) is 14.6. The van der Waals surface area contributed by atoms with Gasteiger partial charge in [-0.2, -0.15) is 0 Å². The lowest BCUT2D eigenvalue weighted by atomic mass is 9.90. The summed E-state index contributed by atoms with van der Waals surface area (Å²) in [5.41, 5.74) is 6.49.